The average molecular weight is 396 g/mol. The van der Waals surface area contributed by atoms with Crippen molar-refractivity contribution in [2.75, 3.05) is 7.05 Å². The molecule has 6 heteroatoms. The molecule has 1 unspecified atom stereocenters. The van der Waals surface area contributed by atoms with Gasteiger partial charge in [0, 0.05) is 22.6 Å². The molecule has 29 heavy (non-hydrogen) atoms. The van der Waals surface area contributed by atoms with Crippen LogP contribution in [0, 0.1) is 0 Å². The summed E-state index contributed by atoms with van der Waals surface area (Å²) in [5, 5.41) is 3.08. The molecule has 0 aliphatic rings. The van der Waals surface area contributed by atoms with Crippen LogP contribution in [0.5, 0.6) is 5.75 Å². The molecule has 148 valence electrons. The second-order valence-corrected chi connectivity index (χ2v) is 7.08. The summed E-state index contributed by atoms with van der Waals surface area (Å²) in [5.74, 6) is 0.138. The SMILES string of the molecule is C[NH+](Cc1ccc(OC(F)F)cc1)Cc1cc(=O)oc2ccc3ccccc3c12. The van der Waals surface area contributed by atoms with Crippen LogP contribution in [0.4, 0.5) is 8.78 Å². The number of rotatable bonds is 6. The number of hydrogen-bond acceptors (Lipinski definition) is 3. The van der Waals surface area contributed by atoms with Gasteiger partial charge in [-0.3, -0.25) is 0 Å². The molecule has 1 N–H and O–H groups in total. The van der Waals surface area contributed by atoms with Crippen molar-refractivity contribution in [2.45, 2.75) is 19.7 Å². The Morgan fingerprint density at radius 3 is 2.52 bits per heavy atom. The lowest BCUT2D eigenvalue weighted by Crippen LogP contribution is -3.06. The summed E-state index contributed by atoms with van der Waals surface area (Å²) < 4.78 is 34.4. The number of alkyl halides is 2. The number of hydrogen-bond donors (Lipinski definition) is 1. The van der Waals surface area contributed by atoms with Crippen molar-refractivity contribution < 1.29 is 22.8 Å². The molecule has 1 aromatic heterocycles. The zero-order valence-corrected chi connectivity index (χ0v) is 15.8. The molecule has 0 saturated carbocycles. The third kappa shape index (κ3) is 4.27. The van der Waals surface area contributed by atoms with Gasteiger partial charge >= 0.3 is 12.2 Å². The van der Waals surface area contributed by atoms with Gasteiger partial charge in [-0.25, -0.2) is 4.79 Å². The average Bonchev–Trinajstić information content (AvgIpc) is 2.68. The molecule has 0 aliphatic heterocycles. The lowest BCUT2D eigenvalue weighted by atomic mass is 10.0. The topological polar surface area (TPSA) is 43.9 Å². The second-order valence-electron chi connectivity index (χ2n) is 7.08. The van der Waals surface area contributed by atoms with Crippen LogP contribution in [0.2, 0.25) is 0 Å². The third-order valence-electron chi connectivity index (χ3n) is 4.86. The van der Waals surface area contributed by atoms with Crippen LogP contribution in [-0.2, 0) is 13.1 Å². The quantitative estimate of drug-likeness (QED) is 0.399. The van der Waals surface area contributed by atoms with Crippen molar-refractivity contribution in [1.29, 1.82) is 0 Å². The van der Waals surface area contributed by atoms with Gasteiger partial charge in [0.05, 0.1) is 7.05 Å². The molecule has 0 radical (unpaired) electrons. The standard InChI is InChI=1S/C23H19F2NO3/c1-26(13-15-6-9-18(10-7-15)28-23(24)25)14-17-12-21(27)29-20-11-8-16-4-2-3-5-19(16)22(17)20/h2-12,23H,13-14H2,1H3/p+1. The Hall–Kier alpha value is -3.25. The van der Waals surface area contributed by atoms with Crippen molar-refractivity contribution in [1.82, 2.24) is 0 Å². The number of fused-ring (bicyclic) bond motifs is 3. The number of nitrogens with one attached hydrogen (secondary N) is 1. The van der Waals surface area contributed by atoms with E-state index in [0.717, 1.165) is 32.2 Å². The summed E-state index contributed by atoms with van der Waals surface area (Å²) in [6.07, 6.45) is 0. The summed E-state index contributed by atoms with van der Waals surface area (Å²) in [6, 6.07) is 20.0. The Labute approximate surface area is 165 Å². The van der Waals surface area contributed by atoms with E-state index in [1.54, 1.807) is 18.2 Å². The molecule has 1 atom stereocenters. The van der Waals surface area contributed by atoms with Crippen LogP contribution < -0.4 is 15.3 Å². The fraction of sp³-hybridized carbons (Fsp3) is 0.174. The van der Waals surface area contributed by atoms with Crippen molar-refractivity contribution in [3.05, 3.63) is 88.3 Å². The highest BCUT2D eigenvalue weighted by Gasteiger charge is 2.14. The minimum atomic E-state index is -2.83. The first-order valence-electron chi connectivity index (χ1n) is 9.29. The maximum Gasteiger partial charge on any atom is 0.387 e. The number of benzene rings is 3. The van der Waals surface area contributed by atoms with Crippen LogP contribution in [0.1, 0.15) is 11.1 Å². The van der Waals surface area contributed by atoms with E-state index < -0.39 is 6.61 Å². The Balaban J connectivity index is 1.61. The van der Waals surface area contributed by atoms with E-state index >= 15 is 0 Å². The monoisotopic (exact) mass is 396 g/mol. The lowest BCUT2D eigenvalue weighted by Gasteiger charge is -2.16. The fourth-order valence-corrected chi connectivity index (χ4v) is 3.68. The van der Waals surface area contributed by atoms with Crippen LogP contribution in [-0.4, -0.2) is 13.7 Å². The van der Waals surface area contributed by atoms with Crippen LogP contribution in [0.3, 0.4) is 0 Å². The van der Waals surface area contributed by atoms with Crippen molar-refractivity contribution in [2.24, 2.45) is 0 Å². The molecular formula is C23H20F2NO3+. The van der Waals surface area contributed by atoms with E-state index in [1.165, 1.54) is 12.1 Å². The van der Waals surface area contributed by atoms with Crippen LogP contribution >= 0.6 is 0 Å². The van der Waals surface area contributed by atoms with Crippen molar-refractivity contribution in [3.8, 4) is 5.75 Å². The number of quaternary nitrogens is 1. The zero-order valence-electron chi connectivity index (χ0n) is 15.8. The first kappa shape index (κ1) is 19.1. The van der Waals surface area contributed by atoms with Gasteiger partial charge in [-0.2, -0.15) is 8.78 Å². The highest BCUT2D eigenvalue weighted by Crippen LogP contribution is 2.27. The molecule has 0 amide bonds. The van der Waals surface area contributed by atoms with Gasteiger partial charge in [-0.1, -0.05) is 30.3 Å². The van der Waals surface area contributed by atoms with E-state index in [-0.39, 0.29) is 11.4 Å². The minimum Gasteiger partial charge on any atom is -0.435 e. The molecule has 0 aliphatic carbocycles. The van der Waals surface area contributed by atoms with Crippen LogP contribution in [0.25, 0.3) is 21.7 Å². The number of halogens is 2. The maximum atomic E-state index is 12.3. The van der Waals surface area contributed by atoms with Crippen molar-refractivity contribution in [3.63, 3.8) is 0 Å². The molecule has 4 aromatic rings. The van der Waals surface area contributed by atoms with Gasteiger partial charge in [-0.15, -0.1) is 0 Å². The molecule has 3 aromatic carbocycles. The van der Waals surface area contributed by atoms with Gasteiger partial charge in [0.15, 0.2) is 0 Å². The molecule has 4 nitrogen and oxygen atoms in total. The second kappa shape index (κ2) is 8.01. The molecule has 4 rings (SSSR count). The minimum absolute atomic E-state index is 0.138. The summed E-state index contributed by atoms with van der Waals surface area (Å²) >= 11 is 0. The molecular weight excluding hydrogens is 376 g/mol. The smallest absolute Gasteiger partial charge is 0.387 e. The molecule has 0 spiro atoms. The first-order chi connectivity index (χ1) is 14.0. The first-order valence-corrected chi connectivity index (χ1v) is 9.29. The van der Waals surface area contributed by atoms with E-state index in [2.05, 4.69) is 4.74 Å². The van der Waals surface area contributed by atoms with E-state index in [0.29, 0.717) is 18.7 Å². The Morgan fingerprint density at radius 1 is 1.00 bits per heavy atom. The summed E-state index contributed by atoms with van der Waals surface area (Å²) in [4.78, 5) is 13.2. The lowest BCUT2D eigenvalue weighted by molar-refractivity contribution is -0.907. The summed E-state index contributed by atoms with van der Waals surface area (Å²) in [7, 11) is 2.02. The maximum absolute atomic E-state index is 12.3. The van der Waals surface area contributed by atoms with Gasteiger partial charge in [0.1, 0.15) is 24.4 Å². The Kier molecular flexibility index (Phi) is 5.27. The third-order valence-corrected chi connectivity index (χ3v) is 4.86. The van der Waals surface area contributed by atoms with Gasteiger partial charge in [0.2, 0.25) is 0 Å². The Bertz CT molecular complexity index is 1200. The van der Waals surface area contributed by atoms with Crippen LogP contribution in [0.15, 0.2) is 75.9 Å². The molecule has 0 fully saturated rings. The summed E-state index contributed by atoms with van der Waals surface area (Å²) in [6.45, 7) is -1.55. The predicted molar refractivity (Wildman–Crippen MR) is 107 cm³/mol. The van der Waals surface area contributed by atoms with E-state index in [4.69, 9.17) is 4.42 Å². The fourth-order valence-electron chi connectivity index (χ4n) is 3.68. The molecule has 1 heterocycles. The summed E-state index contributed by atoms with van der Waals surface area (Å²) in [5.41, 5.74) is 2.11. The van der Waals surface area contributed by atoms with E-state index in [9.17, 15) is 13.6 Å². The van der Waals surface area contributed by atoms with Gasteiger partial charge in [0.25, 0.3) is 0 Å². The highest BCUT2D eigenvalue weighted by molar-refractivity contribution is 6.06. The zero-order chi connectivity index (χ0) is 20.4. The van der Waals surface area contributed by atoms with Gasteiger partial charge < -0.3 is 14.1 Å². The molecule has 0 bridgehead atoms. The largest absolute Gasteiger partial charge is 0.435 e. The Morgan fingerprint density at radius 2 is 1.76 bits per heavy atom. The van der Waals surface area contributed by atoms with Crippen molar-refractivity contribution >= 4 is 21.7 Å². The van der Waals surface area contributed by atoms with E-state index in [1.807, 2.05) is 43.4 Å². The molecule has 0 saturated heterocycles. The predicted octanol–water partition coefficient (Wildman–Crippen LogP) is 3.76. The highest BCUT2D eigenvalue weighted by atomic mass is 19.3. The van der Waals surface area contributed by atoms with Gasteiger partial charge in [-0.05, 0) is 41.1 Å². The normalized spacial score (nSPS) is 12.6. The number of ether oxygens (including phenoxy) is 1.